The summed E-state index contributed by atoms with van der Waals surface area (Å²) < 4.78 is 25.5. The van der Waals surface area contributed by atoms with E-state index in [9.17, 15) is 22.8 Å². The number of aromatic carboxylic acids is 1. The van der Waals surface area contributed by atoms with Crippen LogP contribution in [0.2, 0.25) is 0 Å². The first-order valence-corrected chi connectivity index (χ1v) is 8.13. The van der Waals surface area contributed by atoms with Gasteiger partial charge in [0.25, 0.3) is 0 Å². The number of rotatable bonds is 9. The summed E-state index contributed by atoms with van der Waals surface area (Å²) in [5, 5.41) is 19.2. The van der Waals surface area contributed by atoms with Crippen LogP contribution in [0, 0.1) is 0 Å². The van der Waals surface area contributed by atoms with Gasteiger partial charge in [-0.25, -0.2) is 17.9 Å². The predicted molar refractivity (Wildman–Crippen MR) is 79.5 cm³/mol. The summed E-state index contributed by atoms with van der Waals surface area (Å²) >= 11 is 0. The molecule has 0 aliphatic rings. The molecule has 0 radical (unpaired) electrons. The Morgan fingerprint density at radius 3 is 2.43 bits per heavy atom. The second-order valence-electron chi connectivity index (χ2n) is 4.58. The highest BCUT2D eigenvalue weighted by Gasteiger charge is 2.16. The van der Waals surface area contributed by atoms with Crippen molar-refractivity contribution < 1.29 is 33.0 Å². The maximum Gasteiger partial charge on any atom is 0.335 e. The van der Waals surface area contributed by atoms with E-state index in [-0.39, 0.29) is 18.5 Å². The van der Waals surface area contributed by atoms with E-state index in [0.29, 0.717) is 5.56 Å². The summed E-state index contributed by atoms with van der Waals surface area (Å²) in [6.45, 7) is -0.673. The van der Waals surface area contributed by atoms with E-state index in [1.165, 1.54) is 12.1 Å². The Kier molecular flexibility index (Phi) is 6.66. The number of carboxylic acids is 2. The summed E-state index contributed by atoms with van der Waals surface area (Å²) in [5.74, 6) is -4.16. The molecule has 0 atom stereocenters. The third-order valence-electron chi connectivity index (χ3n) is 2.67. The molecule has 4 N–H and O–H groups in total. The van der Waals surface area contributed by atoms with Gasteiger partial charge in [-0.2, -0.15) is 0 Å². The Morgan fingerprint density at radius 2 is 1.83 bits per heavy atom. The number of sulfonamides is 1. The van der Waals surface area contributed by atoms with Crippen LogP contribution in [0.3, 0.4) is 0 Å². The van der Waals surface area contributed by atoms with E-state index in [1.807, 2.05) is 5.32 Å². The maximum absolute atomic E-state index is 11.6. The third-order valence-corrected chi connectivity index (χ3v) is 3.95. The predicted octanol–water partition coefficient (Wildman–Crippen LogP) is -0.952. The SMILES string of the molecule is O=C(O)CNC(=O)CS(=O)(=O)NCCc1cccc(C(=O)O)c1. The number of hydrogen-bond acceptors (Lipinski definition) is 5. The monoisotopic (exact) mass is 344 g/mol. The van der Waals surface area contributed by atoms with E-state index >= 15 is 0 Å². The number of hydrogen-bond donors (Lipinski definition) is 4. The molecule has 10 heteroatoms. The smallest absolute Gasteiger partial charge is 0.335 e. The quantitative estimate of drug-likeness (QED) is 0.451. The van der Waals surface area contributed by atoms with E-state index in [2.05, 4.69) is 4.72 Å². The standard InChI is InChI=1S/C13H16N2O7S/c16-11(14-7-12(17)18)8-23(21,22)15-5-4-9-2-1-3-10(6-9)13(19)20/h1-3,6,15H,4-5,7-8H2,(H,14,16)(H,17,18)(H,19,20). The molecule has 0 spiro atoms. The van der Waals surface area contributed by atoms with Crippen molar-refractivity contribution >= 4 is 27.9 Å². The van der Waals surface area contributed by atoms with Gasteiger partial charge >= 0.3 is 11.9 Å². The van der Waals surface area contributed by atoms with Crippen LogP contribution >= 0.6 is 0 Å². The molecule has 0 aliphatic heterocycles. The van der Waals surface area contributed by atoms with Gasteiger partial charge in [-0.15, -0.1) is 0 Å². The highest BCUT2D eigenvalue weighted by molar-refractivity contribution is 7.90. The van der Waals surface area contributed by atoms with Gasteiger partial charge in [0.1, 0.15) is 12.3 Å². The van der Waals surface area contributed by atoms with E-state index in [0.717, 1.165) is 0 Å². The summed E-state index contributed by atoms with van der Waals surface area (Å²) in [7, 11) is -3.90. The topological polar surface area (TPSA) is 150 Å². The van der Waals surface area contributed by atoms with Crippen LogP contribution in [0.1, 0.15) is 15.9 Å². The molecular weight excluding hydrogens is 328 g/mol. The van der Waals surface area contributed by atoms with E-state index < -0.39 is 40.2 Å². The zero-order valence-electron chi connectivity index (χ0n) is 12.0. The van der Waals surface area contributed by atoms with Crippen LogP contribution in [0.5, 0.6) is 0 Å². The Bertz CT molecular complexity index is 700. The summed E-state index contributed by atoms with van der Waals surface area (Å²) in [5.41, 5.74) is 0.723. The zero-order chi connectivity index (χ0) is 17.5. The van der Waals surface area contributed by atoms with Crippen molar-refractivity contribution in [1.82, 2.24) is 10.0 Å². The van der Waals surface area contributed by atoms with Crippen LogP contribution in [-0.2, 0) is 26.0 Å². The average Bonchev–Trinajstić information content (AvgIpc) is 2.44. The average molecular weight is 344 g/mol. The van der Waals surface area contributed by atoms with Crippen molar-refractivity contribution in [3.8, 4) is 0 Å². The minimum absolute atomic E-state index is 0.0163. The molecule has 0 bridgehead atoms. The van der Waals surface area contributed by atoms with Crippen molar-refractivity contribution in [2.45, 2.75) is 6.42 Å². The van der Waals surface area contributed by atoms with Crippen LogP contribution in [-0.4, -0.2) is 55.3 Å². The molecule has 0 saturated heterocycles. The van der Waals surface area contributed by atoms with Gasteiger partial charge in [0, 0.05) is 6.54 Å². The van der Waals surface area contributed by atoms with Gasteiger partial charge in [0.15, 0.2) is 0 Å². The van der Waals surface area contributed by atoms with E-state index in [1.54, 1.807) is 12.1 Å². The second kappa shape index (κ2) is 8.25. The fraction of sp³-hybridized carbons (Fsp3) is 0.308. The van der Waals surface area contributed by atoms with Crippen molar-refractivity contribution in [1.29, 1.82) is 0 Å². The number of nitrogens with one attached hydrogen (secondary N) is 2. The number of carbonyl (C=O) groups is 3. The minimum atomic E-state index is -3.90. The largest absolute Gasteiger partial charge is 0.480 e. The number of aliphatic carboxylic acids is 1. The van der Waals surface area contributed by atoms with Crippen LogP contribution in [0.15, 0.2) is 24.3 Å². The van der Waals surface area contributed by atoms with Gasteiger partial charge in [-0.3, -0.25) is 9.59 Å². The van der Waals surface area contributed by atoms with Gasteiger partial charge in [-0.05, 0) is 24.1 Å². The molecule has 0 unspecified atom stereocenters. The first-order chi connectivity index (χ1) is 10.7. The highest BCUT2D eigenvalue weighted by Crippen LogP contribution is 2.05. The Labute approximate surface area is 132 Å². The van der Waals surface area contributed by atoms with Gasteiger partial charge < -0.3 is 15.5 Å². The minimum Gasteiger partial charge on any atom is -0.480 e. The molecule has 1 rings (SSSR count). The maximum atomic E-state index is 11.6. The van der Waals surface area contributed by atoms with Crippen molar-refractivity contribution in [3.63, 3.8) is 0 Å². The lowest BCUT2D eigenvalue weighted by Gasteiger charge is -2.07. The first kappa shape index (κ1) is 18.6. The van der Waals surface area contributed by atoms with Crippen molar-refractivity contribution in [2.75, 3.05) is 18.8 Å². The molecule has 0 fully saturated rings. The molecule has 1 aromatic carbocycles. The lowest BCUT2D eigenvalue weighted by molar-refractivity contribution is -0.137. The molecule has 23 heavy (non-hydrogen) atoms. The van der Waals surface area contributed by atoms with Crippen LogP contribution in [0.4, 0.5) is 0 Å². The Hall–Kier alpha value is -2.46. The van der Waals surface area contributed by atoms with Crippen LogP contribution in [0.25, 0.3) is 0 Å². The molecule has 9 nitrogen and oxygen atoms in total. The highest BCUT2D eigenvalue weighted by atomic mass is 32.2. The zero-order valence-corrected chi connectivity index (χ0v) is 12.8. The Morgan fingerprint density at radius 1 is 1.13 bits per heavy atom. The number of benzene rings is 1. The lowest BCUT2D eigenvalue weighted by Crippen LogP contribution is -2.38. The van der Waals surface area contributed by atoms with Gasteiger partial charge in [0.05, 0.1) is 5.56 Å². The molecule has 0 heterocycles. The van der Waals surface area contributed by atoms with Crippen molar-refractivity contribution in [3.05, 3.63) is 35.4 Å². The Balaban J connectivity index is 2.47. The number of carbonyl (C=O) groups excluding carboxylic acids is 1. The number of carboxylic acid groups (broad SMARTS) is 2. The molecule has 0 saturated carbocycles. The second-order valence-corrected chi connectivity index (χ2v) is 6.39. The number of amides is 1. The normalized spacial score (nSPS) is 11.0. The summed E-state index contributed by atoms with van der Waals surface area (Å²) in [6, 6.07) is 6.05. The molecule has 0 aromatic heterocycles. The fourth-order valence-corrected chi connectivity index (χ4v) is 2.62. The van der Waals surface area contributed by atoms with Crippen LogP contribution < -0.4 is 10.0 Å². The molecule has 1 aromatic rings. The molecular formula is C13H16N2O7S. The molecule has 1 amide bonds. The molecule has 126 valence electrons. The summed E-state index contributed by atoms with van der Waals surface area (Å²) in [4.78, 5) is 32.3. The summed E-state index contributed by atoms with van der Waals surface area (Å²) in [6.07, 6.45) is 0.247. The lowest BCUT2D eigenvalue weighted by atomic mass is 10.1. The van der Waals surface area contributed by atoms with E-state index in [4.69, 9.17) is 10.2 Å². The van der Waals surface area contributed by atoms with Gasteiger partial charge in [-0.1, -0.05) is 12.1 Å². The van der Waals surface area contributed by atoms with Crippen molar-refractivity contribution in [2.24, 2.45) is 0 Å². The molecule has 0 aliphatic carbocycles. The fourth-order valence-electron chi connectivity index (χ4n) is 1.66. The first-order valence-electron chi connectivity index (χ1n) is 6.47. The third kappa shape index (κ3) is 7.38. The van der Waals surface area contributed by atoms with Gasteiger partial charge in [0.2, 0.25) is 15.9 Å².